The van der Waals surface area contributed by atoms with E-state index in [0.717, 1.165) is 6.92 Å². The Morgan fingerprint density at radius 3 is 2.55 bits per heavy atom. The average Bonchev–Trinajstić information content (AvgIpc) is 1.98. The molecule has 0 aliphatic rings. The number of ether oxygens (including phenoxy) is 2. The first-order chi connectivity index (χ1) is 5.11. The average molecular weight is 163 g/mol. The van der Waals surface area contributed by atoms with Crippen LogP contribution in [0.15, 0.2) is 0 Å². The number of hydrogen-bond acceptors (Lipinski definition) is 5. The summed E-state index contributed by atoms with van der Waals surface area (Å²) in [6.07, 6.45) is -2.45. The number of aliphatic hydroxyl groups excluding tert-OH is 2. The molecule has 1 radical (unpaired) electrons. The molecule has 0 heterocycles. The molecular weight excluding hydrogens is 152 g/mol. The highest BCUT2D eigenvalue weighted by molar-refractivity contribution is 5.66. The molecule has 0 aromatic rings. The fraction of sp³-hybridized carbons (Fsp3) is 0.667. The van der Waals surface area contributed by atoms with Crippen LogP contribution >= 0.6 is 0 Å². The number of esters is 1. The lowest BCUT2D eigenvalue weighted by Gasteiger charge is -2.18. The summed E-state index contributed by atoms with van der Waals surface area (Å²) in [6, 6.07) is 0. The quantitative estimate of drug-likeness (QED) is 0.412. The molecule has 0 saturated carbocycles. The number of carbonyl (C=O) groups is 1. The predicted molar refractivity (Wildman–Crippen MR) is 35.1 cm³/mol. The Hall–Kier alpha value is -0.650. The standard InChI is InChI=1S/C6H11O5/c1-4(8)11-6(10-2)5(9)3-7/h5-7,9H,2-3H2,1H3. The van der Waals surface area contributed by atoms with Gasteiger partial charge in [0.1, 0.15) is 6.10 Å². The van der Waals surface area contributed by atoms with E-state index in [4.69, 9.17) is 10.2 Å². The van der Waals surface area contributed by atoms with Crippen molar-refractivity contribution in [2.75, 3.05) is 6.61 Å². The topological polar surface area (TPSA) is 76.0 Å². The zero-order valence-corrected chi connectivity index (χ0v) is 6.19. The van der Waals surface area contributed by atoms with Crippen LogP contribution in [0.1, 0.15) is 6.92 Å². The third-order valence-corrected chi connectivity index (χ3v) is 0.948. The van der Waals surface area contributed by atoms with Gasteiger partial charge in [-0.15, -0.1) is 0 Å². The number of carbonyl (C=O) groups excluding carboxylic acids is 1. The van der Waals surface area contributed by atoms with Crippen LogP contribution in [0.5, 0.6) is 0 Å². The predicted octanol–water partition coefficient (Wildman–Crippen LogP) is -0.963. The van der Waals surface area contributed by atoms with Crippen molar-refractivity contribution in [3.8, 4) is 0 Å². The highest BCUT2D eigenvalue weighted by atomic mass is 16.7. The number of rotatable bonds is 4. The van der Waals surface area contributed by atoms with Crippen molar-refractivity contribution in [1.82, 2.24) is 0 Å². The summed E-state index contributed by atoms with van der Waals surface area (Å²) in [6.45, 7) is 0.615. The fourth-order valence-electron chi connectivity index (χ4n) is 0.473. The van der Waals surface area contributed by atoms with E-state index in [1.165, 1.54) is 0 Å². The van der Waals surface area contributed by atoms with E-state index in [-0.39, 0.29) is 0 Å². The van der Waals surface area contributed by atoms with E-state index in [1.54, 1.807) is 0 Å². The van der Waals surface area contributed by atoms with Crippen LogP contribution in [-0.4, -0.2) is 35.2 Å². The molecular formula is C6H11O5. The highest BCUT2D eigenvalue weighted by Crippen LogP contribution is 2.00. The van der Waals surface area contributed by atoms with E-state index >= 15 is 0 Å². The van der Waals surface area contributed by atoms with Crippen LogP contribution in [0.4, 0.5) is 0 Å². The Balaban J connectivity index is 3.84. The molecule has 5 nitrogen and oxygen atoms in total. The van der Waals surface area contributed by atoms with Gasteiger partial charge in [0, 0.05) is 6.92 Å². The van der Waals surface area contributed by atoms with Crippen molar-refractivity contribution in [3.05, 3.63) is 7.11 Å². The van der Waals surface area contributed by atoms with Gasteiger partial charge in [0.15, 0.2) is 0 Å². The van der Waals surface area contributed by atoms with Crippen LogP contribution in [0.3, 0.4) is 0 Å². The van der Waals surface area contributed by atoms with Crippen molar-refractivity contribution in [3.63, 3.8) is 0 Å². The second-order valence-corrected chi connectivity index (χ2v) is 1.89. The molecule has 0 amide bonds. The summed E-state index contributed by atoms with van der Waals surface area (Å²) < 4.78 is 8.73. The molecule has 2 N–H and O–H groups in total. The molecule has 11 heavy (non-hydrogen) atoms. The Kier molecular flexibility index (Phi) is 4.76. The first kappa shape index (κ1) is 10.3. The summed E-state index contributed by atoms with van der Waals surface area (Å²) >= 11 is 0. The molecule has 0 saturated heterocycles. The van der Waals surface area contributed by atoms with Crippen molar-refractivity contribution in [2.24, 2.45) is 0 Å². The Labute approximate surface area is 64.5 Å². The molecule has 0 aromatic carbocycles. The number of hydrogen-bond donors (Lipinski definition) is 2. The lowest BCUT2D eigenvalue weighted by atomic mass is 10.4. The van der Waals surface area contributed by atoms with Gasteiger partial charge >= 0.3 is 5.97 Å². The third-order valence-electron chi connectivity index (χ3n) is 0.948. The van der Waals surface area contributed by atoms with Crippen molar-refractivity contribution < 1.29 is 24.5 Å². The maximum Gasteiger partial charge on any atom is 0.305 e. The van der Waals surface area contributed by atoms with Crippen LogP contribution in [-0.2, 0) is 14.3 Å². The summed E-state index contributed by atoms with van der Waals surface area (Å²) in [7, 11) is 2.96. The van der Waals surface area contributed by atoms with Crippen molar-refractivity contribution in [1.29, 1.82) is 0 Å². The third kappa shape index (κ3) is 3.92. The smallest absolute Gasteiger partial charge is 0.305 e. The van der Waals surface area contributed by atoms with Crippen LogP contribution in [0, 0.1) is 7.11 Å². The van der Waals surface area contributed by atoms with Crippen molar-refractivity contribution >= 4 is 5.97 Å². The molecule has 0 aliphatic heterocycles. The molecule has 5 heteroatoms. The second kappa shape index (κ2) is 5.06. The molecule has 0 spiro atoms. The monoisotopic (exact) mass is 163 g/mol. The normalized spacial score (nSPS) is 15.6. The molecule has 0 fully saturated rings. The van der Waals surface area contributed by atoms with Gasteiger partial charge in [0.25, 0.3) is 0 Å². The minimum atomic E-state index is -1.25. The zero-order valence-electron chi connectivity index (χ0n) is 6.19. The summed E-state index contributed by atoms with van der Waals surface area (Å²) in [5, 5.41) is 17.3. The lowest BCUT2D eigenvalue weighted by molar-refractivity contribution is -0.191. The largest absolute Gasteiger partial charge is 0.433 e. The molecule has 2 unspecified atom stereocenters. The Bertz CT molecular complexity index is 124. The van der Waals surface area contributed by atoms with E-state index in [2.05, 4.69) is 16.6 Å². The van der Waals surface area contributed by atoms with Gasteiger partial charge in [-0.25, -0.2) is 0 Å². The zero-order chi connectivity index (χ0) is 8.85. The maximum atomic E-state index is 10.3. The van der Waals surface area contributed by atoms with Gasteiger partial charge < -0.3 is 19.7 Å². The fourth-order valence-corrected chi connectivity index (χ4v) is 0.473. The van der Waals surface area contributed by atoms with E-state index in [0.29, 0.717) is 0 Å². The molecule has 0 aromatic heterocycles. The van der Waals surface area contributed by atoms with Gasteiger partial charge in [-0.3, -0.25) is 4.79 Å². The number of aliphatic hydroxyl groups is 2. The van der Waals surface area contributed by atoms with Gasteiger partial charge in [0.2, 0.25) is 6.29 Å². The van der Waals surface area contributed by atoms with Gasteiger partial charge in [-0.1, -0.05) is 0 Å². The van der Waals surface area contributed by atoms with Crippen LogP contribution in [0.2, 0.25) is 0 Å². The van der Waals surface area contributed by atoms with Gasteiger partial charge in [-0.2, -0.15) is 0 Å². The summed E-state index contributed by atoms with van der Waals surface area (Å²) in [5.41, 5.74) is 0. The minimum absolute atomic E-state index is 0.548. The van der Waals surface area contributed by atoms with E-state index in [1.807, 2.05) is 0 Å². The van der Waals surface area contributed by atoms with Crippen molar-refractivity contribution in [2.45, 2.75) is 19.3 Å². The van der Waals surface area contributed by atoms with Crippen LogP contribution < -0.4 is 0 Å². The molecule has 0 bridgehead atoms. The van der Waals surface area contributed by atoms with E-state index in [9.17, 15) is 4.79 Å². The molecule has 65 valence electrons. The minimum Gasteiger partial charge on any atom is -0.433 e. The van der Waals surface area contributed by atoms with Crippen LogP contribution in [0.25, 0.3) is 0 Å². The summed E-state index contributed by atoms with van der Waals surface area (Å²) in [4.78, 5) is 10.3. The first-order valence-electron chi connectivity index (χ1n) is 2.98. The summed E-state index contributed by atoms with van der Waals surface area (Å²) in [5.74, 6) is -0.605. The molecule has 0 aliphatic carbocycles. The lowest BCUT2D eigenvalue weighted by Crippen LogP contribution is -2.34. The van der Waals surface area contributed by atoms with Gasteiger partial charge in [0.05, 0.1) is 13.7 Å². The Morgan fingerprint density at radius 1 is 1.73 bits per heavy atom. The molecule has 0 rings (SSSR count). The Morgan fingerprint density at radius 2 is 2.27 bits per heavy atom. The van der Waals surface area contributed by atoms with Gasteiger partial charge in [-0.05, 0) is 0 Å². The SMILES string of the molecule is [CH2]OC(OC(C)=O)C(O)CO. The van der Waals surface area contributed by atoms with E-state index < -0.39 is 25.0 Å². The first-order valence-corrected chi connectivity index (χ1v) is 2.98. The second-order valence-electron chi connectivity index (χ2n) is 1.89. The highest BCUT2D eigenvalue weighted by Gasteiger charge is 2.20. The molecule has 2 atom stereocenters. The maximum absolute atomic E-state index is 10.3.